The summed E-state index contributed by atoms with van der Waals surface area (Å²) in [6.45, 7) is 0.902. The Kier molecular flexibility index (Phi) is 4.56. The topological polar surface area (TPSA) is 63.2 Å². The average molecular weight is 318 g/mol. The van der Waals surface area contributed by atoms with Crippen molar-refractivity contribution >= 4 is 23.2 Å². The van der Waals surface area contributed by atoms with Gasteiger partial charge >= 0.3 is 0 Å². The maximum absolute atomic E-state index is 12.0. The molecule has 6 heteroatoms. The van der Waals surface area contributed by atoms with Gasteiger partial charge in [0.15, 0.2) is 0 Å². The quantitative estimate of drug-likeness (QED) is 0.909. The van der Waals surface area contributed by atoms with Crippen molar-refractivity contribution in [2.75, 3.05) is 11.9 Å². The van der Waals surface area contributed by atoms with Crippen LogP contribution >= 0.6 is 11.6 Å². The summed E-state index contributed by atoms with van der Waals surface area (Å²) in [6.07, 6.45) is 3.45. The number of nitrogens with zero attached hydrogens (tertiary/aromatic N) is 1. The van der Waals surface area contributed by atoms with E-state index in [0.29, 0.717) is 16.7 Å². The summed E-state index contributed by atoms with van der Waals surface area (Å²) in [4.78, 5) is 16.1. The fourth-order valence-corrected chi connectivity index (χ4v) is 2.40. The standard InChI is InChI=1S/C16H16ClN3O2/c17-11-3-8-15(19-10-11)22-13-6-4-12(5-7-13)20-16(21)14-2-1-9-18-14/h3-8,10,14,18H,1-2,9H2,(H,20,21). The Morgan fingerprint density at radius 2 is 2.09 bits per heavy atom. The molecule has 1 unspecified atom stereocenters. The Bertz CT molecular complexity index is 637. The van der Waals surface area contributed by atoms with Gasteiger partial charge < -0.3 is 15.4 Å². The van der Waals surface area contributed by atoms with Crippen LogP contribution in [0, 0.1) is 0 Å². The summed E-state index contributed by atoms with van der Waals surface area (Å²) in [5.41, 5.74) is 0.745. The molecule has 1 saturated heterocycles. The van der Waals surface area contributed by atoms with E-state index in [2.05, 4.69) is 15.6 Å². The first-order valence-electron chi connectivity index (χ1n) is 7.14. The molecule has 22 heavy (non-hydrogen) atoms. The predicted molar refractivity (Wildman–Crippen MR) is 85.4 cm³/mol. The van der Waals surface area contributed by atoms with Crippen LogP contribution in [0.5, 0.6) is 11.6 Å². The maximum atomic E-state index is 12.0. The molecule has 2 N–H and O–H groups in total. The lowest BCUT2D eigenvalue weighted by Gasteiger charge is -2.11. The zero-order valence-electron chi connectivity index (χ0n) is 11.9. The van der Waals surface area contributed by atoms with Gasteiger partial charge in [0.25, 0.3) is 0 Å². The SMILES string of the molecule is O=C(Nc1ccc(Oc2ccc(Cl)cn2)cc1)C1CCCN1. The van der Waals surface area contributed by atoms with E-state index in [9.17, 15) is 4.79 Å². The van der Waals surface area contributed by atoms with E-state index >= 15 is 0 Å². The summed E-state index contributed by atoms with van der Waals surface area (Å²) in [5.74, 6) is 1.12. The molecule has 0 spiro atoms. The summed E-state index contributed by atoms with van der Waals surface area (Å²) in [6, 6.07) is 10.5. The first-order chi connectivity index (χ1) is 10.7. The van der Waals surface area contributed by atoms with Gasteiger partial charge in [-0.25, -0.2) is 4.98 Å². The highest BCUT2D eigenvalue weighted by Crippen LogP contribution is 2.22. The van der Waals surface area contributed by atoms with Crippen LogP contribution in [-0.4, -0.2) is 23.5 Å². The van der Waals surface area contributed by atoms with Crippen molar-refractivity contribution in [3.05, 3.63) is 47.6 Å². The van der Waals surface area contributed by atoms with Crippen LogP contribution in [0.15, 0.2) is 42.6 Å². The second-order valence-corrected chi connectivity index (χ2v) is 5.52. The summed E-state index contributed by atoms with van der Waals surface area (Å²) in [7, 11) is 0. The molecule has 0 radical (unpaired) electrons. The van der Waals surface area contributed by atoms with Crippen molar-refractivity contribution < 1.29 is 9.53 Å². The average Bonchev–Trinajstić information content (AvgIpc) is 3.06. The molecule has 0 bridgehead atoms. The molecule has 114 valence electrons. The monoisotopic (exact) mass is 317 g/mol. The van der Waals surface area contributed by atoms with Crippen LogP contribution in [0.25, 0.3) is 0 Å². The Labute approximate surface area is 133 Å². The zero-order chi connectivity index (χ0) is 15.4. The van der Waals surface area contributed by atoms with Crippen LogP contribution in [0.4, 0.5) is 5.69 Å². The largest absolute Gasteiger partial charge is 0.439 e. The number of aromatic nitrogens is 1. The van der Waals surface area contributed by atoms with Crippen LogP contribution in [0.3, 0.4) is 0 Å². The Balaban J connectivity index is 1.60. The molecule has 1 aliphatic rings. The van der Waals surface area contributed by atoms with Crippen molar-refractivity contribution in [1.29, 1.82) is 0 Å². The number of nitrogens with one attached hydrogen (secondary N) is 2. The van der Waals surface area contributed by atoms with Gasteiger partial charge in [-0.3, -0.25) is 4.79 Å². The highest BCUT2D eigenvalue weighted by Gasteiger charge is 2.21. The molecule has 5 nitrogen and oxygen atoms in total. The minimum absolute atomic E-state index is 0.00513. The summed E-state index contributed by atoms with van der Waals surface area (Å²) >= 11 is 5.77. The number of pyridine rings is 1. The van der Waals surface area contributed by atoms with Gasteiger partial charge in [0, 0.05) is 18.0 Å². The molecule has 0 aliphatic carbocycles. The fraction of sp³-hybridized carbons (Fsp3) is 0.250. The third-order valence-electron chi connectivity index (χ3n) is 3.42. The predicted octanol–water partition coefficient (Wildman–Crippen LogP) is 3.22. The molecule has 3 rings (SSSR count). The normalized spacial score (nSPS) is 17.2. The fourth-order valence-electron chi connectivity index (χ4n) is 2.29. The Morgan fingerprint density at radius 1 is 1.27 bits per heavy atom. The number of hydrogen-bond acceptors (Lipinski definition) is 4. The van der Waals surface area contributed by atoms with Crippen molar-refractivity contribution in [3.8, 4) is 11.6 Å². The number of rotatable bonds is 4. The highest BCUT2D eigenvalue weighted by atomic mass is 35.5. The molecule has 1 aliphatic heterocycles. The van der Waals surface area contributed by atoms with E-state index in [4.69, 9.17) is 16.3 Å². The number of amides is 1. The Morgan fingerprint density at radius 3 is 2.73 bits per heavy atom. The Hall–Kier alpha value is -2.11. The van der Waals surface area contributed by atoms with Gasteiger partial charge in [-0.1, -0.05) is 11.6 Å². The molecular formula is C16H16ClN3O2. The third kappa shape index (κ3) is 3.75. The van der Waals surface area contributed by atoms with Gasteiger partial charge in [-0.2, -0.15) is 0 Å². The van der Waals surface area contributed by atoms with Gasteiger partial charge in [-0.15, -0.1) is 0 Å². The van der Waals surface area contributed by atoms with E-state index < -0.39 is 0 Å². The molecule has 1 aromatic heterocycles. The number of carbonyl (C=O) groups excluding carboxylic acids is 1. The lowest BCUT2D eigenvalue weighted by Crippen LogP contribution is -2.35. The minimum Gasteiger partial charge on any atom is -0.439 e. The van der Waals surface area contributed by atoms with Gasteiger partial charge in [-0.05, 0) is 49.7 Å². The minimum atomic E-state index is -0.0887. The third-order valence-corrected chi connectivity index (χ3v) is 3.64. The highest BCUT2D eigenvalue weighted by molar-refractivity contribution is 6.30. The molecule has 1 amide bonds. The van der Waals surface area contributed by atoms with Gasteiger partial charge in [0.1, 0.15) is 5.75 Å². The van der Waals surface area contributed by atoms with Crippen molar-refractivity contribution in [2.24, 2.45) is 0 Å². The molecule has 0 saturated carbocycles. The molecule has 1 atom stereocenters. The van der Waals surface area contributed by atoms with Crippen molar-refractivity contribution in [3.63, 3.8) is 0 Å². The molecule has 2 aromatic rings. The van der Waals surface area contributed by atoms with Crippen LogP contribution in [0.2, 0.25) is 5.02 Å². The number of halogens is 1. The lowest BCUT2D eigenvalue weighted by atomic mass is 10.2. The van der Waals surface area contributed by atoms with E-state index in [0.717, 1.165) is 25.1 Å². The van der Waals surface area contributed by atoms with E-state index in [1.807, 2.05) is 0 Å². The van der Waals surface area contributed by atoms with Crippen molar-refractivity contribution in [1.82, 2.24) is 10.3 Å². The number of anilines is 1. The first kappa shape index (κ1) is 14.8. The van der Waals surface area contributed by atoms with Gasteiger partial charge in [0.05, 0.1) is 11.1 Å². The van der Waals surface area contributed by atoms with Crippen LogP contribution < -0.4 is 15.4 Å². The zero-order valence-corrected chi connectivity index (χ0v) is 12.6. The second-order valence-electron chi connectivity index (χ2n) is 5.08. The van der Waals surface area contributed by atoms with E-state index in [-0.39, 0.29) is 11.9 Å². The van der Waals surface area contributed by atoms with Gasteiger partial charge in [0.2, 0.25) is 11.8 Å². The number of ether oxygens (including phenoxy) is 1. The number of carbonyl (C=O) groups is 1. The van der Waals surface area contributed by atoms with Crippen LogP contribution in [-0.2, 0) is 4.79 Å². The molecule has 2 heterocycles. The number of hydrogen-bond donors (Lipinski definition) is 2. The lowest BCUT2D eigenvalue weighted by molar-refractivity contribution is -0.117. The van der Waals surface area contributed by atoms with Crippen LogP contribution in [0.1, 0.15) is 12.8 Å². The molecule has 1 aromatic carbocycles. The van der Waals surface area contributed by atoms with E-state index in [1.165, 1.54) is 6.20 Å². The second kappa shape index (κ2) is 6.77. The number of benzene rings is 1. The summed E-state index contributed by atoms with van der Waals surface area (Å²) < 4.78 is 5.60. The first-order valence-corrected chi connectivity index (χ1v) is 7.52. The maximum Gasteiger partial charge on any atom is 0.241 e. The van der Waals surface area contributed by atoms with Crippen molar-refractivity contribution in [2.45, 2.75) is 18.9 Å². The summed E-state index contributed by atoms with van der Waals surface area (Å²) in [5, 5.41) is 6.62. The van der Waals surface area contributed by atoms with E-state index in [1.54, 1.807) is 36.4 Å². The smallest absolute Gasteiger partial charge is 0.241 e. The molecular weight excluding hydrogens is 302 g/mol. The molecule has 1 fully saturated rings.